The fraction of sp³-hybridized carbons (Fsp3) is 0.667. The van der Waals surface area contributed by atoms with E-state index in [4.69, 9.17) is 4.74 Å². The fourth-order valence-electron chi connectivity index (χ4n) is 2.41. The molecule has 0 aliphatic carbocycles. The van der Waals surface area contributed by atoms with Crippen LogP contribution in [0.25, 0.3) is 0 Å². The van der Waals surface area contributed by atoms with Crippen LogP contribution in [-0.4, -0.2) is 36.4 Å². The van der Waals surface area contributed by atoms with Crippen molar-refractivity contribution < 1.29 is 14.6 Å². The average molecular weight is 297 g/mol. The van der Waals surface area contributed by atoms with Gasteiger partial charge in [-0.15, -0.1) is 11.3 Å². The van der Waals surface area contributed by atoms with E-state index in [0.29, 0.717) is 32.6 Å². The summed E-state index contributed by atoms with van der Waals surface area (Å²) in [6.45, 7) is 5.61. The summed E-state index contributed by atoms with van der Waals surface area (Å²) < 4.78 is 5.23. The van der Waals surface area contributed by atoms with Crippen molar-refractivity contribution in [3.05, 3.63) is 21.4 Å². The van der Waals surface area contributed by atoms with Crippen molar-refractivity contribution in [2.75, 3.05) is 19.8 Å². The zero-order chi connectivity index (χ0) is 14.6. The van der Waals surface area contributed by atoms with Crippen molar-refractivity contribution in [2.24, 2.45) is 0 Å². The number of hydrogen-bond donors (Lipinski definition) is 2. The Morgan fingerprint density at radius 2 is 2.20 bits per heavy atom. The summed E-state index contributed by atoms with van der Waals surface area (Å²) in [6, 6.07) is 1.98. The minimum absolute atomic E-state index is 0.0830. The Kier molecular flexibility index (Phi) is 5.18. The van der Waals surface area contributed by atoms with Gasteiger partial charge in [0.05, 0.1) is 10.5 Å². The van der Waals surface area contributed by atoms with E-state index in [1.807, 2.05) is 6.07 Å². The molecule has 1 aliphatic heterocycles. The molecule has 0 atom stereocenters. The topological polar surface area (TPSA) is 58.6 Å². The van der Waals surface area contributed by atoms with Gasteiger partial charge in [-0.05, 0) is 25.0 Å². The van der Waals surface area contributed by atoms with Gasteiger partial charge in [0.15, 0.2) is 0 Å². The summed E-state index contributed by atoms with van der Waals surface area (Å²) in [5.74, 6) is -0.0830. The number of thiophene rings is 1. The molecule has 5 heteroatoms. The molecule has 1 aliphatic rings. The third-order valence-corrected chi connectivity index (χ3v) is 4.86. The molecule has 1 aromatic rings. The van der Waals surface area contributed by atoms with Crippen molar-refractivity contribution in [3.63, 3.8) is 0 Å². The van der Waals surface area contributed by atoms with Crippen LogP contribution >= 0.6 is 11.3 Å². The van der Waals surface area contributed by atoms with Crippen molar-refractivity contribution in [3.8, 4) is 0 Å². The molecule has 1 fully saturated rings. The number of hydrogen-bond acceptors (Lipinski definition) is 4. The van der Waals surface area contributed by atoms with Gasteiger partial charge in [0.2, 0.25) is 0 Å². The largest absolute Gasteiger partial charge is 0.388 e. The Balaban J connectivity index is 1.92. The van der Waals surface area contributed by atoms with Gasteiger partial charge in [-0.2, -0.15) is 0 Å². The molecule has 2 heterocycles. The maximum atomic E-state index is 12.2. The first-order valence-electron chi connectivity index (χ1n) is 7.22. The minimum atomic E-state index is -0.813. The van der Waals surface area contributed by atoms with E-state index >= 15 is 0 Å². The van der Waals surface area contributed by atoms with Crippen LogP contribution in [0.3, 0.4) is 0 Å². The molecule has 2 N–H and O–H groups in total. The Morgan fingerprint density at radius 1 is 1.50 bits per heavy atom. The lowest BCUT2D eigenvalue weighted by molar-refractivity contribution is -0.0605. The number of nitrogens with one attached hydrogen (secondary N) is 1. The second kappa shape index (κ2) is 6.70. The van der Waals surface area contributed by atoms with Crippen LogP contribution in [-0.2, 0) is 11.2 Å². The van der Waals surface area contributed by atoms with Crippen LogP contribution in [0.1, 0.15) is 46.3 Å². The van der Waals surface area contributed by atoms with Crippen LogP contribution < -0.4 is 5.32 Å². The van der Waals surface area contributed by atoms with Crippen LogP contribution in [0.15, 0.2) is 6.07 Å². The summed E-state index contributed by atoms with van der Waals surface area (Å²) in [7, 11) is 0. The summed E-state index contributed by atoms with van der Waals surface area (Å²) >= 11 is 1.53. The van der Waals surface area contributed by atoms with E-state index in [1.165, 1.54) is 21.8 Å². The smallest absolute Gasteiger partial charge is 0.261 e. The van der Waals surface area contributed by atoms with Gasteiger partial charge < -0.3 is 15.2 Å². The molecule has 0 spiro atoms. The zero-order valence-corrected chi connectivity index (χ0v) is 13.0. The van der Waals surface area contributed by atoms with Crippen molar-refractivity contribution >= 4 is 17.2 Å². The number of amides is 1. The number of aliphatic hydroxyl groups is 1. The van der Waals surface area contributed by atoms with Crippen LogP contribution in [0.2, 0.25) is 0 Å². The van der Waals surface area contributed by atoms with Gasteiger partial charge in [0, 0.05) is 37.5 Å². The molecule has 1 aromatic heterocycles. The van der Waals surface area contributed by atoms with Crippen LogP contribution in [0, 0.1) is 6.92 Å². The van der Waals surface area contributed by atoms with E-state index in [9.17, 15) is 9.90 Å². The second-order valence-electron chi connectivity index (χ2n) is 5.46. The molecule has 2 rings (SSSR count). The molecule has 112 valence electrons. The lowest BCUT2D eigenvalue weighted by Gasteiger charge is -2.31. The first-order chi connectivity index (χ1) is 9.54. The van der Waals surface area contributed by atoms with Crippen LogP contribution in [0.5, 0.6) is 0 Å². The lowest BCUT2D eigenvalue weighted by Crippen LogP contribution is -2.46. The number of ether oxygens (including phenoxy) is 1. The van der Waals surface area contributed by atoms with Gasteiger partial charge in [-0.3, -0.25) is 4.79 Å². The third-order valence-electron chi connectivity index (χ3n) is 3.77. The Bertz CT molecular complexity index is 464. The summed E-state index contributed by atoms with van der Waals surface area (Å²) in [6.07, 6.45) is 3.25. The summed E-state index contributed by atoms with van der Waals surface area (Å²) in [5.41, 5.74) is 0.444. The highest BCUT2D eigenvalue weighted by atomic mass is 32.1. The van der Waals surface area contributed by atoms with E-state index < -0.39 is 5.60 Å². The molecule has 0 unspecified atom stereocenters. The van der Waals surface area contributed by atoms with E-state index in [1.54, 1.807) is 0 Å². The molecule has 0 radical (unpaired) electrons. The monoisotopic (exact) mass is 297 g/mol. The van der Waals surface area contributed by atoms with Crippen LogP contribution in [0.4, 0.5) is 0 Å². The molecular weight excluding hydrogens is 274 g/mol. The number of carbonyl (C=O) groups is 1. The first-order valence-corrected chi connectivity index (χ1v) is 8.03. The molecular formula is C15H23NO3S. The Morgan fingerprint density at radius 3 is 2.85 bits per heavy atom. The SMILES string of the molecule is CCCc1cc(C(=O)NCC2(O)CCOCC2)sc1C. The maximum Gasteiger partial charge on any atom is 0.261 e. The van der Waals surface area contributed by atoms with E-state index in [2.05, 4.69) is 19.2 Å². The van der Waals surface area contributed by atoms with Crippen molar-refractivity contribution in [2.45, 2.75) is 45.1 Å². The predicted molar refractivity (Wildman–Crippen MR) is 80.4 cm³/mol. The molecule has 0 aromatic carbocycles. The third kappa shape index (κ3) is 3.81. The number of carbonyl (C=O) groups excluding carboxylic acids is 1. The maximum absolute atomic E-state index is 12.2. The van der Waals surface area contributed by atoms with Crippen molar-refractivity contribution in [1.82, 2.24) is 5.32 Å². The van der Waals surface area contributed by atoms with Crippen molar-refractivity contribution in [1.29, 1.82) is 0 Å². The van der Waals surface area contributed by atoms with Gasteiger partial charge in [-0.25, -0.2) is 0 Å². The Hall–Kier alpha value is -0.910. The highest BCUT2D eigenvalue weighted by molar-refractivity contribution is 7.14. The quantitative estimate of drug-likeness (QED) is 0.876. The summed E-state index contributed by atoms with van der Waals surface area (Å²) in [4.78, 5) is 14.1. The van der Waals surface area contributed by atoms with Gasteiger partial charge in [0.25, 0.3) is 5.91 Å². The van der Waals surface area contributed by atoms with E-state index in [-0.39, 0.29) is 5.91 Å². The summed E-state index contributed by atoms with van der Waals surface area (Å²) in [5, 5.41) is 13.2. The normalized spacial score (nSPS) is 17.9. The molecule has 4 nitrogen and oxygen atoms in total. The molecule has 1 saturated heterocycles. The second-order valence-corrected chi connectivity index (χ2v) is 6.72. The number of rotatable bonds is 5. The highest BCUT2D eigenvalue weighted by Gasteiger charge is 2.30. The first kappa shape index (κ1) is 15.5. The standard InChI is InChI=1S/C15H23NO3S/c1-3-4-12-9-13(20-11(12)2)14(17)16-10-15(18)5-7-19-8-6-15/h9,18H,3-8,10H2,1-2H3,(H,16,17). The Labute approximate surface area is 124 Å². The van der Waals surface area contributed by atoms with Gasteiger partial charge in [0.1, 0.15) is 0 Å². The van der Waals surface area contributed by atoms with Gasteiger partial charge >= 0.3 is 0 Å². The molecule has 20 heavy (non-hydrogen) atoms. The molecule has 0 saturated carbocycles. The highest BCUT2D eigenvalue weighted by Crippen LogP contribution is 2.23. The molecule has 1 amide bonds. The zero-order valence-electron chi connectivity index (χ0n) is 12.2. The van der Waals surface area contributed by atoms with E-state index in [0.717, 1.165) is 17.7 Å². The number of aryl methyl sites for hydroxylation is 2. The predicted octanol–water partition coefficient (Wildman–Crippen LogP) is 2.28. The van der Waals surface area contributed by atoms with Gasteiger partial charge in [-0.1, -0.05) is 13.3 Å². The average Bonchev–Trinajstić information content (AvgIpc) is 2.79. The minimum Gasteiger partial charge on any atom is -0.388 e. The lowest BCUT2D eigenvalue weighted by atomic mass is 9.94. The fourth-order valence-corrected chi connectivity index (χ4v) is 3.40. The molecule has 0 bridgehead atoms.